The van der Waals surface area contributed by atoms with Gasteiger partial charge in [-0.2, -0.15) is 0 Å². The van der Waals surface area contributed by atoms with Gasteiger partial charge in [0.15, 0.2) is 0 Å². The molecule has 0 bridgehead atoms. The van der Waals surface area contributed by atoms with Crippen LogP contribution in [-0.2, 0) is 6.42 Å². The third-order valence-corrected chi connectivity index (χ3v) is 4.13. The van der Waals surface area contributed by atoms with E-state index in [1.807, 2.05) is 0 Å². The summed E-state index contributed by atoms with van der Waals surface area (Å²) in [5.41, 5.74) is 3.62. The van der Waals surface area contributed by atoms with Crippen molar-refractivity contribution in [3.05, 3.63) is 35.4 Å². The summed E-state index contributed by atoms with van der Waals surface area (Å²) >= 11 is 0. The van der Waals surface area contributed by atoms with Crippen LogP contribution in [0.25, 0.3) is 0 Å². The van der Waals surface area contributed by atoms with Crippen LogP contribution in [0.5, 0.6) is 0 Å². The van der Waals surface area contributed by atoms with Crippen LogP contribution in [0.1, 0.15) is 36.8 Å². The van der Waals surface area contributed by atoms with Gasteiger partial charge >= 0.3 is 0 Å². The van der Waals surface area contributed by atoms with Crippen molar-refractivity contribution in [3.63, 3.8) is 0 Å². The lowest BCUT2D eigenvalue weighted by Gasteiger charge is -2.17. The second kappa shape index (κ2) is 3.89. The summed E-state index contributed by atoms with van der Waals surface area (Å²) in [6, 6.07) is 9.70. The van der Waals surface area contributed by atoms with Crippen LogP contribution < -0.4 is 5.32 Å². The summed E-state index contributed by atoms with van der Waals surface area (Å²) < 4.78 is 0. The minimum Gasteiger partial charge on any atom is -0.313 e. The minimum atomic E-state index is 0.606. The van der Waals surface area contributed by atoms with Crippen molar-refractivity contribution in [2.45, 2.75) is 45.1 Å². The number of benzene rings is 1. The Morgan fingerprint density at radius 2 is 2.00 bits per heavy atom. The lowest BCUT2D eigenvalue weighted by atomic mass is 9.93. The van der Waals surface area contributed by atoms with E-state index in [1.165, 1.54) is 44.2 Å². The molecule has 1 heteroatoms. The Kier molecular flexibility index (Phi) is 2.51. The number of nitrogens with one attached hydrogen (secondary N) is 1. The van der Waals surface area contributed by atoms with Crippen LogP contribution in [-0.4, -0.2) is 12.6 Å². The van der Waals surface area contributed by atoms with Crippen molar-refractivity contribution in [1.82, 2.24) is 5.32 Å². The van der Waals surface area contributed by atoms with Gasteiger partial charge in [0.25, 0.3) is 0 Å². The Morgan fingerprint density at radius 1 is 1.25 bits per heavy atom. The van der Waals surface area contributed by atoms with Crippen molar-refractivity contribution < 1.29 is 0 Å². The highest BCUT2D eigenvalue weighted by atomic mass is 15.0. The first-order valence-electron chi connectivity index (χ1n) is 6.55. The van der Waals surface area contributed by atoms with E-state index >= 15 is 0 Å². The van der Waals surface area contributed by atoms with Gasteiger partial charge in [-0.3, -0.25) is 0 Å². The average Bonchev–Trinajstić information content (AvgIpc) is 3.13. The Morgan fingerprint density at radius 3 is 2.62 bits per heavy atom. The van der Waals surface area contributed by atoms with Crippen LogP contribution in [0.3, 0.4) is 0 Å². The van der Waals surface area contributed by atoms with Crippen molar-refractivity contribution in [3.8, 4) is 0 Å². The molecule has 1 aromatic rings. The third-order valence-electron chi connectivity index (χ3n) is 4.13. The maximum absolute atomic E-state index is 3.70. The second-order valence-corrected chi connectivity index (χ2v) is 5.76. The lowest BCUT2D eigenvalue weighted by molar-refractivity contribution is 0.453. The molecule has 1 nitrogen and oxygen atoms in total. The van der Waals surface area contributed by atoms with E-state index < -0.39 is 0 Å². The summed E-state index contributed by atoms with van der Waals surface area (Å²) in [6.07, 6.45) is 6.92. The molecular formula is C15H21N. The molecule has 0 amide bonds. The predicted molar refractivity (Wildman–Crippen MR) is 67.6 cm³/mol. The predicted octanol–water partition coefficient (Wildman–Crippen LogP) is 3.07. The zero-order valence-electron chi connectivity index (χ0n) is 10.1. The molecule has 86 valence electrons. The Hall–Kier alpha value is -0.820. The monoisotopic (exact) mass is 215 g/mol. The van der Waals surface area contributed by atoms with E-state index in [0.717, 1.165) is 6.04 Å². The molecule has 0 aromatic heterocycles. The van der Waals surface area contributed by atoms with Gasteiger partial charge in [-0.15, -0.1) is 0 Å². The molecule has 0 radical (unpaired) electrons. The first kappa shape index (κ1) is 10.3. The SMILES string of the molecule is Cc1ccccc1CC1(CNC2CC2)CC1. The zero-order chi connectivity index (χ0) is 11.0. The zero-order valence-corrected chi connectivity index (χ0v) is 10.1. The molecule has 1 aromatic carbocycles. The normalized spacial score (nSPS) is 22.1. The molecule has 2 fully saturated rings. The van der Waals surface area contributed by atoms with Gasteiger partial charge < -0.3 is 5.32 Å². The fourth-order valence-corrected chi connectivity index (χ4v) is 2.45. The van der Waals surface area contributed by atoms with Gasteiger partial charge in [-0.25, -0.2) is 0 Å². The topological polar surface area (TPSA) is 12.0 Å². The van der Waals surface area contributed by atoms with Gasteiger partial charge in [-0.05, 0) is 55.6 Å². The lowest BCUT2D eigenvalue weighted by Crippen LogP contribution is -2.27. The molecule has 2 aliphatic carbocycles. The van der Waals surface area contributed by atoms with Crippen molar-refractivity contribution >= 4 is 0 Å². The van der Waals surface area contributed by atoms with Crippen LogP contribution in [0.4, 0.5) is 0 Å². The summed E-state index contributed by atoms with van der Waals surface area (Å²) in [7, 11) is 0. The molecule has 3 rings (SSSR count). The highest BCUT2D eigenvalue weighted by molar-refractivity contribution is 5.28. The first-order chi connectivity index (χ1) is 7.77. The molecule has 2 saturated carbocycles. The molecule has 1 N–H and O–H groups in total. The molecule has 0 aliphatic heterocycles. The number of rotatable bonds is 5. The van der Waals surface area contributed by atoms with Crippen LogP contribution >= 0.6 is 0 Å². The summed E-state index contributed by atoms with van der Waals surface area (Å²) in [5.74, 6) is 0. The van der Waals surface area contributed by atoms with Gasteiger partial charge in [-0.1, -0.05) is 24.3 Å². The quantitative estimate of drug-likeness (QED) is 0.796. The summed E-state index contributed by atoms with van der Waals surface area (Å²) in [4.78, 5) is 0. The van der Waals surface area contributed by atoms with Crippen LogP contribution in [0.15, 0.2) is 24.3 Å². The van der Waals surface area contributed by atoms with Gasteiger partial charge in [0.1, 0.15) is 0 Å². The first-order valence-corrected chi connectivity index (χ1v) is 6.55. The summed E-state index contributed by atoms with van der Waals surface area (Å²) in [5, 5.41) is 3.70. The van der Waals surface area contributed by atoms with Gasteiger partial charge in [0.05, 0.1) is 0 Å². The Balaban J connectivity index is 1.62. The van der Waals surface area contributed by atoms with Crippen molar-refractivity contribution in [1.29, 1.82) is 0 Å². The largest absolute Gasteiger partial charge is 0.313 e. The molecule has 0 atom stereocenters. The molecule has 2 aliphatic rings. The Labute approximate surface area is 98.3 Å². The van der Waals surface area contributed by atoms with E-state index in [4.69, 9.17) is 0 Å². The second-order valence-electron chi connectivity index (χ2n) is 5.76. The molecule has 0 heterocycles. The highest BCUT2D eigenvalue weighted by Crippen LogP contribution is 2.48. The van der Waals surface area contributed by atoms with E-state index in [0.29, 0.717) is 5.41 Å². The molecule has 0 spiro atoms. The smallest absolute Gasteiger partial charge is 0.00684 e. The number of aryl methyl sites for hydroxylation is 1. The molecule has 0 saturated heterocycles. The standard InChI is InChI=1S/C15H21N/c1-12-4-2-3-5-13(12)10-15(8-9-15)11-16-14-6-7-14/h2-5,14,16H,6-11H2,1H3. The van der Waals surface area contributed by atoms with Crippen LogP contribution in [0, 0.1) is 12.3 Å². The van der Waals surface area contributed by atoms with Gasteiger partial charge in [0, 0.05) is 12.6 Å². The third kappa shape index (κ3) is 2.30. The average molecular weight is 215 g/mol. The maximum atomic E-state index is 3.70. The molecule has 0 unspecified atom stereocenters. The molecule has 16 heavy (non-hydrogen) atoms. The van der Waals surface area contributed by atoms with E-state index in [9.17, 15) is 0 Å². The fraction of sp³-hybridized carbons (Fsp3) is 0.600. The van der Waals surface area contributed by atoms with E-state index in [1.54, 1.807) is 5.56 Å². The fourth-order valence-electron chi connectivity index (χ4n) is 2.45. The van der Waals surface area contributed by atoms with Crippen molar-refractivity contribution in [2.75, 3.05) is 6.54 Å². The van der Waals surface area contributed by atoms with Crippen molar-refractivity contribution in [2.24, 2.45) is 5.41 Å². The van der Waals surface area contributed by atoms with Gasteiger partial charge in [0.2, 0.25) is 0 Å². The Bertz CT molecular complexity index is 375. The minimum absolute atomic E-state index is 0.606. The maximum Gasteiger partial charge on any atom is 0.00684 e. The molecular weight excluding hydrogens is 194 g/mol. The number of hydrogen-bond acceptors (Lipinski definition) is 1. The van der Waals surface area contributed by atoms with E-state index in [2.05, 4.69) is 36.5 Å². The summed E-state index contributed by atoms with van der Waals surface area (Å²) in [6.45, 7) is 3.48. The van der Waals surface area contributed by atoms with Crippen LogP contribution in [0.2, 0.25) is 0 Å². The highest BCUT2D eigenvalue weighted by Gasteiger charge is 2.43. The number of hydrogen-bond donors (Lipinski definition) is 1. The van der Waals surface area contributed by atoms with E-state index in [-0.39, 0.29) is 0 Å².